The fourth-order valence-corrected chi connectivity index (χ4v) is 5.50. The number of hydrogen-bond donors (Lipinski definition) is 1. The second-order valence-electron chi connectivity index (χ2n) is 7.86. The van der Waals surface area contributed by atoms with Crippen LogP contribution in [0.1, 0.15) is 12.5 Å². The molecule has 0 fully saturated rings. The minimum atomic E-state index is -4.23. The Kier molecular flexibility index (Phi) is 9.24. The van der Waals surface area contributed by atoms with Gasteiger partial charge in [-0.05, 0) is 55.0 Å². The van der Waals surface area contributed by atoms with E-state index in [9.17, 15) is 18.0 Å². The first-order chi connectivity index (χ1) is 17.0. The van der Waals surface area contributed by atoms with Crippen molar-refractivity contribution < 1.29 is 18.0 Å². The van der Waals surface area contributed by atoms with E-state index in [1.165, 1.54) is 42.3 Å². The van der Waals surface area contributed by atoms with Gasteiger partial charge in [0.15, 0.2) is 0 Å². The highest BCUT2D eigenvalue weighted by molar-refractivity contribution is 7.92. The number of hydrogen-bond acceptors (Lipinski definition) is 4. The third-order valence-corrected chi connectivity index (χ3v) is 8.05. The lowest BCUT2D eigenvalue weighted by Crippen LogP contribution is -2.50. The van der Waals surface area contributed by atoms with Crippen molar-refractivity contribution >= 4 is 62.3 Å². The van der Waals surface area contributed by atoms with E-state index in [-0.39, 0.29) is 27.2 Å². The molecule has 11 heteroatoms. The Hall–Kier alpha value is -2.78. The zero-order valence-electron chi connectivity index (χ0n) is 19.5. The molecule has 36 heavy (non-hydrogen) atoms. The quantitative estimate of drug-likeness (QED) is 0.393. The summed E-state index contributed by atoms with van der Waals surface area (Å²) in [5, 5.41) is 3.38. The van der Waals surface area contributed by atoms with Gasteiger partial charge >= 0.3 is 0 Å². The second-order valence-corrected chi connectivity index (χ2v) is 11.0. The molecule has 0 bridgehead atoms. The molecule has 0 aromatic heterocycles. The van der Waals surface area contributed by atoms with E-state index in [0.29, 0.717) is 10.6 Å². The number of likely N-dealkylation sites (N-methyl/N-ethyl adjacent to an activating group) is 1. The van der Waals surface area contributed by atoms with Crippen LogP contribution in [0.4, 0.5) is 5.69 Å². The lowest BCUT2D eigenvalue weighted by Gasteiger charge is -2.32. The van der Waals surface area contributed by atoms with E-state index in [0.717, 1.165) is 4.31 Å². The molecule has 0 heterocycles. The molecule has 0 saturated carbocycles. The van der Waals surface area contributed by atoms with Crippen LogP contribution in [-0.4, -0.2) is 44.8 Å². The maximum absolute atomic E-state index is 13.7. The number of sulfonamides is 1. The Morgan fingerprint density at radius 3 is 2.14 bits per heavy atom. The molecule has 0 saturated heterocycles. The van der Waals surface area contributed by atoms with E-state index in [1.54, 1.807) is 49.4 Å². The molecule has 0 aliphatic rings. The van der Waals surface area contributed by atoms with Crippen LogP contribution in [0.25, 0.3) is 0 Å². The number of halogens is 3. The average Bonchev–Trinajstić information content (AvgIpc) is 2.87. The molecule has 3 aromatic carbocycles. The number of carbonyl (C=O) groups is 2. The third-order valence-electron chi connectivity index (χ3n) is 5.47. The standard InChI is InChI=1S/C25H24Cl3N3O4S/c1-17(25(33)29-2)30(15-18-8-10-19(26)11-9-18)24(32)16-31(23-14-20(27)12-13-22(23)28)36(34,35)21-6-4-3-5-7-21/h3-14,17H,15-16H2,1-2H3,(H,29,33)/t17-/m1/s1. The fraction of sp³-hybridized carbons (Fsp3) is 0.200. The van der Waals surface area contributed by atoms with Gasteiger partial charge in [0.1, 0.15) is 12.6 Å². The first-order valence-corrected chi connectivity index (χ1v) is 13.4. The van der Waals surface area contributed by atoms with Gasteiger partial charge < -0.3 is 10.2 Å². The summed E-state index contributed by atoms with van der Waals surface area (Å²) in [6, 6.07) is 17.9. The van der Waals surface area contributed by atoms with Crippen LogP contribution in [0.5, 0.6) is 0 Å². The van der Waals surface area contributed by atoms with Crippen molar-refractivity contribution in [2.45, 2.75) is 24.4 Å². The number of rotatable bonds is 9. The molecule has 0 spiro atoms. The summed E-state index contributed by atoms with van der Waals surface area (Å²) in [4.78, 5) is 27.4. The summed E-state index contributed by atoms with van der Waals surface area (Å²) in [6.07, 6.45) is 0. The Balaban J connectivity index is 2.06. The summed E-state index contributed by atoms with van der Waals surface area (Å²) in [7, 11) is -2.77. The van der Waals surface area contributed by atoms with Crippen molar-refractivity contribution in [2.24, 2.45) is 0 Å². The average molecular weight is 569 g/mol. The van der Waals surface area contributed by atoms with Crippen molar-refractivity contribution in [2.75, 3.05) is 17.9 Å². The predicted octanol–water partition coefficient (Wildman–Crippen LogP) is 5.01. The smallest absolute Gasteiger partial charge is 0.264 e. The van der Waals surface area contributed by atoms with Gasteiger partial charge in [-0.3, -0.25) is 13.9 Å². The minimum absolute atomic E-state index is 0.0301. The van der Waals surface area contributed by atoms with Gasteiger partial charge in [-0.15, -0.1) is 0 Å². The lowest BCUT2D eigenvalue weighted by atomic mass is 10.1. The number of nitrogens with zero attached hydrogens (tertiary/aromatic N) is 2. The first kappa shape index (κ1) is 27.8. The molecule has 0 unspecified atom stereocenters. The molecule has 0 radical (unpaired) electrons. The lowest BCUT2D eigenvalue weighted by molar-refractivity contribution is -0.139. The summed E-state index contributed by atoms with van der Waals surface area (Å²) in [5.41, 5.74) is 0.752. The van der Waals surface area contributed by atoms with Crippen LogP contribution in [0.2, 0.25) is 15.1 Å². The van der Waals surface area contributed by atoms with Crippen molar-refractivity contribution in [1.29, 1.82) is 0 Å². The molecular weight excluding hydrogens is 545 g/mol. The number of nitrogens with one attached hydrogen (secondary N) is 1. The Morgan fingerprint density at radius 2 is 1.53 bits per heavy atom. The molecular formula is C25H24Cl3N3O4S. The molecule has 2 amide bonds. The third kappa shape index (κ3) is 6.50. The van der Waals surface area contributed by atoms with Crippen LogP contribution >= 0.6 is 34.8 Å². The highest BCUT2D eigenvalue weighted by Gasteiger charge is 2.33. The van der Waals surface area contributed by atoms with Gasteiger partial charge in [0.2, 0.25) is 11.8 Å². The van der Waals surface area contributed by atoms with E-state index < -0.39 is 34.4 Å². The van der Waals surface area contributed by atoms with Gasteiger partial charge in [0, 0.05) is 23.6 Å². The molecule has 7 nitrogen and oxygen atoms in total. The van der Waals surface area contributed by atoms with E-state index >= 15 is 0 Å². The molecule has 1 N–H and O–H groups in total. The van der Waals surface area contributed by atoms with Crippen LogP contribution < -0.4 is 9.62 Å². The van der Waals surface area contributed by atoms with Gasteiger partial charge in [-0.2, -0.15) is 0 Å². The zero-order valence-corrected chi connectivity index (χ0v) is 22.6. The number of amides is 2. The second kappa shape index (κ2) is 12.0. The van der Waals surface area contributed by atoms with Gasteiger partial charge in [0.05, 0.1) is 15.6 Å². The van der Waals surface area contributed by atoms with Crippen molar-refractivity contribution in [3.8, 4) is 0 Å². The van der Waals surface area contributed by atoms with Crippen LogP contribution in [0.3, 0.4) is 0 Å². The van der Waals surface area contributed by atoms with Crippen molar-refractivity contribution in [1.82, 2.24) is 10.2 Å². The maximum atomic E-state index is 13.7. The highest BCUT2D eigenvalue weighted by atomic mass is 35.5. The van der Waals surface area contributed by atoms with Crippen LogP contribution in [-0.2, 0) is 26.2 Å². The van der Waals surface area contributed by atoms with E-state index in [2.05, 4.69) is 5.32 Å². The number of carbonyl (C=O) groups excluding carboxylic acids is 2. The highest BCUT2D eigenvalue weighted by Crippen LogP contribution is 2.33. The number of anilines is 1. The summed E-state index contributed by atoms with van der Waals surface area (Å²) in [6.45, 7) is 0.994. The van der Waals surface area contributed by atoms with Crippen molar-refractivity contribution in [3.05, 3.63) is 93.4 Å². The minimum Gasteiger partial charge on any atom is -0.357 e. The summed E-state index contributed by atoms with van der Waals surface area (Å²) < 4.78 is 28.2. The molecule has 3 aromatic rings. The van der Waals surface area contributed by atoms with Crippen molar-refractivity contribution in [3.63, 3.8) is 0 Å². The number of benzene rings is 3. The SMILES string of the molecule is CNC(=O)[C@@H](C)N(Cc1ccc(Cl)cc1)C(=O)CN(c1cc(Cl)ccc1Cl)S(=O)(=O)c1ccccc1. The van der Waals surface area contributed by atoms with Gasteiger partial charge in [-0.1, -0.05) is 65.1 Å². The molecule has 190 valence electrons. The topological polar surface area (TPSA) is 86.8 Å². The largest absolute Gasteiger partial charge is 0.357 e. The molecule has 1 atom stereocenters. The summed E-state index contributed by atoms with van der Waals surface area (Å²) in [5.74, 6) is -1.02. The predicted molar refractivity (Wildman–Crippen MR) is 143 cm³/mol. The first-order valence-electron chi connectivity index (χ1n) is 10.8. The molecule has 0 aliphatic heterocycles. The summed E-state index contributed by atoms with van der Waals surface area (Å²) >= 11 is 18.5. The van der Waals surface area contributed by atoms with Crippen LogP contribution in [0.15, 0.2) is 77.7 Å². The van der Waals surface area contributed by atoms with E-state index in [1.807, 2.05) is 0 Å². The fourth-order valence-electron chi connectivity index (χ4n) is 3.49. The van der Waals surface area contributed by atoms with Crippen LogP contribution in [0, 0.1) is 0 Å². The molecule has 0 aliphatic carbocycles. The van der Waals surface area contributed by atoms with E-state index in [4.69, 9.17) is 34.8 Å². The Morgan fingerprint density at radius 1 is 0.917 bits per heavy atom. The molecule has 3 rings (SSSR count). The Bertz CT molecular complexity index is 1340. The van der Waals surface area contributed by atoms with Gasteiger partial charge in [0.25, 0.3) is 10.0 Å². The normalized spacial score (nSPS) is 12.0. The maximum Gasteiger partial charge on any atom is 0.264 e. The monoisotopic (exact) mass is 567 g/mol. The Labute approximate surface area is 225 Å². The van der Waals surface area contributed by atoms with Gasteiger partial charge in [-0.25, -0.2) is 8.42 Å². The zero-order chi connectivity index (χ0) is 26.5.